The summed E-state index contributed by atoms with van der Waals surface area (Å²) in [6.07, 6.45) is 2.75. The van der Waals surface area contributed by atoms with Crippen LogP contribution < -0.4 is 5.32 Å². The van der Waals surface area contributed by atoms with Crippen molar-refractivity contribution in [2.45, 2.75) is 44.6 Å². The van der Waals surface area contributed by atoms with Gasteiger partial charge in [0, 0.05) is 5.92 Å². The van der Waals surface area contributed by atoms with Gasteiger partial charge in [0.25, 0.3) is 0 Å². The number of hydrogen-bond donors (Lipinski definition) is 2. The summed E-state index contributed by atoms with van der Waals surface area (Å²) in [5, 5.41) is 11.8. The second-order valence-electron chi connectivity index (χ2n) is 5.93. The minimum atomic E-state index is -0.896. The molecule has 1 aromatic rings. The van der Waals surface area contributed by atoms with Crippen LogP contribution in [-0.4, -0.2) is 22.5 Å². The maximum atomic E-state index is 13.1. The summed E-state index contributed by atoms with van der Waals surface area (Å²) in [4.78, 5) is 23.1. The van der Waals surface area contributed by atoms with Gasteiger partial charge in [-0.3, -0.25) is 9.59 Å². The molecule has 0 aromatic heterocycles. The SMILES string of the molecule is CC(Cc1cccc(F)c1)C(=O)NC1(CC(=O)O)CCC1. The Bertz CT molecular complexity index is 540. The highest BCUT2D eigenvalue weighted by molar-refractivity contribution is 5.80. The number of carboxylic acids is 1. The van der Waals surface area contributed by atoms with E-state index < -0.39 is 11.5 Å². The Balaban J connectivity index is 1.94. The largest absolute Gasteiger partial charge is 0.481 e. The van der Waals surface area contributed by atoms with Crippen LogP contribution in [0.2, 0.25) is 0 Å². The fraction of sp³-hybridized carbons (Fsp3) is 0.500. The number of aliphatic carboxylic acids is 1. The van der Waals surface area contributed by atoms with E-state index >= 15 is 0 Å². The molecule has 0 aliphatic heterocycles. The highest BCUT2D eigenvalue weighted by atomic mass is 19.1. The van der Waals surface area contributed by atoms with Gasteiger partial charge in [-0.25, -0.2) is 4.39 Å². The molecule has 1 saturated carbocycles. The first-order valence-corrected chi connectivity index (χ1v) is 7.18. The predicted molar refractivity (Wildman–Crippen MR) is 76.2 cm³/mol. The molecule has 5 heteroatoms. The zero-order valence-corrected chi connectivity index (χ0v) is 12.1. The molecule has 1 aliphatic carbocycles. The number of halogens is 1. The molecular formula is C16H20FNO3. The van der Waals surface area contributed by atoms with Crippen LogP contribution in [0.4, 0.5) is 4.39 Å². The van der Waals surface area contributed by atoms with E-state index in [1.807, 2.05) is 0 Å². The molecule has 2 N–H and O–H groups in total. The first-order chi connectivity index (χ1) is 9.90. The quantitative estimate of drug-likeness (QED) is 0.847. The fourth-order valence-electron chi connectivity index (χ4n) is 2.73. The van der Waals surface area contributed by atoms with E-state index in [0.717, 1.165) is 12.0 Å². The Morgan fingerprint density at radius 3 is 2.67 bits per heavy atom. The van der Waals surface area contributed by atoms with E-state index in [9.17, 15) is 14.0 Å². The van der Waals surface area contributed by atoms with Gasteiger partial charge in [-0.15, -0.1) is 0 Å². The average Bonchev–Trinajstić information content (AvgIpc) is 2.35. The van der Waals surface area contributed by atoms with Gasteiger partial charge < -0.3 is 10.4 Å². The summed E-state index contributed by atoms with van der Waals surface area (Å²) in [6, 6.07) is 6.18. The van der Waals surface area contributed by atoms with Gasteiger partial charge in [-0.2, -0.15) is 0 Å². The normalized spacial score (nSPS) is 17.6. The molecule has 4 nitrogen and oxygen atoms in total. The smallest absolute Gasteiger partial charge is 0.305 e. The Hall–Kier alpha value is -1.91. The number of nitrogens with one attached hydrogen (secondary N) is 1. The molecule has 0 heterocycles. The van der Waals surface area contributed by atoms with E-state index in [-0.39, 0.29) is 24.1 Å². The van der Waals surface area contributed by atoms with E-state index in [0.29, 0.717) is 19.3 Å². The summed E-state index contributed by atoms with van der Waals surface area (Å²) in [5.41, 5.74) is 0.178. The maximum absolute atomic E-state index is 13.1. The van der Waals surface area contributed by atoms with Crippen molar-refractivity contribution < 1.29 is 19.1 Å². The lowest BCUT2D eigenvalue weighted by atomic mass is 9.74. The van der Waals surface area contributed by atoms with Crippen LogP contribution in [0.5, 0.6) is 0 Å². The molecule has 0 saturated heterocycles. The molecule has 1 aliphatic rings. The molecule has 1 amide bonds. The second-order valence-corrected chi connectivity index (χ2v) is 5.93. The Labute approximate surface area is 123 Å². The highest BCUT2D eigenvalue weighted by Crippen LogP contribution is 2.35. The number of carbonyl (C=O) groups is 2. The van der Waals surface area contributed by atoms with Crippen molar-refractivity contribution in [3.05, 3.63) is 35.6 Å². The molecule has 0 spiro atoms. The molecule has 1 fully saturated rings. The molecule has 0 radical (unpaired) electrons. The van der Waals surface area contributed by atoms with Crippen molar-refractivity contribution in [2.75, 3.05) is 0 Å². The van der Waals surface area contributed by atoms with Crippen molar-refractivity contribution in [1.82, 2.24) is 5.32 Å². The van der Waals surface area contributed by atoms with Crippen LogP contribution in [-0.2, 0) is 16.0 Å². The second kappa shape index (κ2) is 6.24. The average molecular weight is 293 g/mol. The third-order valence-corrected chi connectivity index (χ3v) is 4.07. The van der Waals surface area contributed by atoms with Gasteiger partial charge in [-0.1, -0.05) is 19.1 Å². The lowest BCUT2D eigenvalue weighted by Crippen LogP contribution is -2.56. The van der Waals surface area contributed by atoms with Gasteiger partial charge in [-0.05, 0) is 43.4 Å². The van der Waals surface area contributed by atoms with E-state index in [2.05, 4.69) is 5.32 Å². The van der Waals surface area contributed by atoms with Gasteiger partial charge in [0.2, 0.25) is 5.91 Å². The van der Waals surface area contributed by atoms with Crippen LogP contribution in [0.25, 0.3) is 0 Å². The van der Waals surface area contributed by atoms with E-state index in [1.54, 1.807) is 19.1 Å². The van der Waals surface area contributed by atoms with Crippen molar-refractivity contribution in [3.63, 3.8) is 0 Å². The van der Waals surface area contributed by atoms with Crippen molar-refractivity contribution in [1.29, 1.82) is 0 Å². The third kappa shape index (κ3) is 4.03. The number of hydrogen-bond acceptors (Lipinski definition) is 2. The lowest BCUT2D eigenvalue weighted by molar-refractivity contribution is -0.140. The minimum Gasteiger partial charge on any atom is -0.481 e. The zero-order chi connectivity index (χ0) is 15.5. The number of benzene rings is 1. The van der Waals surface area contributed by atoms with Crippen LogP contribution in [0, 0.1) is 11.7 Å². The summed E-state index contributed by atoms with van der Waals surface area (Å²) in [5.74, 6) is -1.70. The molecule has 1 atom stereocenters. The Morgan fingerprint density at radius 2 is 2.14 bits per heavy atom. The van der Waals surface area contributed by atoms with Gasteiger partial charge in [0.15, 0.2) is 0 Å². The Morgan fingerprint density at radius 1 is 1.43 bits per heavy atom. The molecule has 0 bridgehead atoms. The van der Waals surface area contributed by atoms with Crippen LogP contribution in [0.15, 0.2) is 24.3 Å². The monoisotopic (exact) mass is 293 g/mol. The lowest BCUT2D eigenvalue weighted by Gasteiger charge is -2.42. The summed E-state index contributed by atoms with van der Waals surface area (Å²) in [7, 11) is 0. The first kappa shape index (κ1) is 15.5. The molecule has 2 rings (SSSR count). The molecule has 114 valence electrons. The molecular weight excluding hydrogens is 273 g/mol. The number of rotatable bonds is 6. The molecule has 1 aromatic carbocycles. The number of amides is 1. The van der Waals surface area contributed by atoms with Crippen LogP contribution in [0.1, 0.15) is 38.2 Å². The van der Waals surface area contributed by atoms with E-state index in [1.165, 1.54) is 12.1 Å². The maximum Gasteiger partial charge on any atom is 0.305 e. The molecule has 1 unspecified atom stereocenters. The van der Waals surface area contributed by atoms with Crippen molar-refractivity contribution >= 4 is 11.9 Å². The van der Waals surface area contributed by atoms with Gasteiger partial charge in [0.1, 0.15) is 5.82 Å². The van der Waals surface area contributed by atoms with Crippen LogP contribution >= 0.6 is 0 Å². The standard InChI is InChI=1S/C16H20FNO3/c1-11(8-12-4-2-5-13(17)9-12)15(21)18-16(6-3-7-16)10-14(19)20/h2,4-5,9,11H,3,6-8,10H2,1H3,(H,18,21)(H,19,20). The predicted octanol–water partition coefficient (Wildman–Crippen LogP) is 2.52. The summed E-state index contributed by atoms with van der Waals surface area (Å²) < 4.78 is 13.1. The van der Waals surface area contributed by atoms with E-state index in [4.69, 9.17) is 5.11 Å². The topological polar surface area (TPSA) is 66.4 Å². The zero-order valence-electron chi connectivity index (χ0n) is 12.1. The molecule has 21 heavy (non-hydrogen) atoms. The van der Waals surface area contributed by atoms with Gasteiger partial charge in [0.05, 0.1) is 12.0 Å². The van der Waals surface area contributed by atoms with Crippen molar-refractivity contribution in [3.8, 4) is 0 Å². The van der Waals surface area contributed by atoms with Gasteiger partial charge >= 0.3 is 5.97 Å². The minimum absolute atomic E-state index is 0.0363. The summed E-state index contributed by atoms with van der Waals surface area (Å²) >= 11 is 0. The van der Waals surface area contributed by atoms with Crippen molar-refractivity contribution in [2.24, 2.45) is 5.92 Å². The number of carboxylic acid groups (broad SMARTS) is 1. The third-order valence-electron chi connectivity index (χ3n) is 4.07. The fourth-order valence-corrected chi connectivity index (χ4v) is 2.73. The highest BCUT2D eigenvalue weighted by Gasteiger charge is 2.40. The number of carbonyl (C=O) groups excluding carboxylic acids is 1. The Kier molecular flexibility index (Phi) is 4.60. The summed E-state index contributed by atoms with van der Waals surface area (Å²) in [6.45, 7) is 1.77. The first-order valence-electron chi connectivity index (χ1n) is 7.18. The van der Waals surface area contributed by atoms with Crippen LogP contribution in [0.3, 0.4) is 0 Å².